The van der Waals surface area contributed by atoms with Gasteiger partial charge in [-0.05, 0) is 61.9 Å². The Balaban J connectivity index is 1.77. The fourth-order valence-corrected chi connectivity index (χ4v) is 5.19. The number of halogens is 4. The van der Waals surface area contributed by atoms with Gasteiger partial charge < -0.3 is 14.5 Å². The molecule has 0 amide bonds. The minimum atomic E-state index is -4.89. The van der Waals surface area contributed by atoms with Gasteiger partial charge in [0.05, 0.1) is 45.0 Å². The predicted octanol–water partition coefficient (Wildman–Crippen LogP) is 5.67. The van der Waals surface area contributed by atoms with Crippen LogP contribution in [0.25, 0.3) is 10.9 Å². The minimum Gasteiger partial charge on any atom is -0.462 e. The molecule has 0 saturated heterocycles. The van der Waals surface area contributed by atoms with Crippen LogP contribution in [0.1, 0.15) is 40.3 Å². The standard InChI is InChI=1S/C25H21ClF3N3O5S/c1-3-36-24(33)16-6-10-18(11-7-16)38(34,35)32-21(15-4-8-17(9-5-15)37-25(27,28)29)23-22-19(12-13-30-22)20(26)14(2)31-23/h4-13,21,30,32H,3H2,1-2H3. The summed E-state index contributed by atoms with van der Waals surface area (Å²) in [4.78, 5) is 19.3. The second-order valence-electron chi connectivity index (χ2n) is 8.08. The maximum absolute atomic E-state index is 13.4. The van der Waals surface area contributed by atoms with Crippen molar-refractivity contribution in [2.45, 2.75) is 31.1 Å². The quantitative estimate of drug-likeness (QED) is 0.266. The van der Waals surface area contributed by atoms with Gasteiger partial charge in [-0.25, -0.2) is 13.2 Å². The van der Waals surface area contributed by atoms with Crippen molar-refractivity contribution >= 4 is 38.5 Å². The lowest BCUT2D eigenvalue weighted by Gasteiger charge is -2.21. The van der Waals surface area contributed by atoms with E-state index in [0.29, 0.717) is 21.6 Å². The van der Waals surface area contributed by atoms with Crippen LogP contribution in [0.3, 0.4) is 0 Å². The minimum absolute atomic E-state index is 0.152. The number of sulfonamides is 1. The van der Waals surface area contributed by atoms with Gasteiger partial charge in [0.25, 0.3) is 0 Å². The number of aryl methyl sites for hydroxylation is 1. The summed E-state index contributed by atoms with van der Waals surface area (Å²) in [6, 6.07) is 10.5. The van der Waals surface area contributed by atoms with Crippen molar-refractivity contribution in [2.75, 3.05) is 6.61 Å². The first-order valence-corrected chi connectivity index (χ1v) is 13.0. The fraction of sp³-hybridized carbons (Fsp3) is 0.200. The van der Waals surface area contributed by atoms with E-state index in [2.05, 4.69) is 19.4 Å². The lowest BCUT2D eigenvalue weighted by Crippen LogP contribution is -2.30. The van der Waals surface area contributed by atoms with Crippen LogP contribution in [0.15, 0.2) is 65.7 Å². The highest BCUT2D eigenvalue weighted by molar-refractivity contribution is 7.89. The van der Waals surface area contributed by atoms with E-state index in [-0.39, 0.29) is 28.3 Å². The van der Waals surface area contributed by atoms with Gasteiger partial charge in [0.2, 0.25) is 10.0 Å². The monoisotopic (exact) mass is 567 g/mol. The summed E-state index contributed by atoms with van der Waals surface area (Å²) in [5.41, 5.74) is 1.58. The molecular weight excluding hydrogens is 547 g/mol. The Hall–Kier alpha value is -3.61. The number of hydrogen-bond donors (Lipinski definition) is 2. The molecular formula is C25H21ClF3N3O5S. The highest BCUT2D eigenvalue weighted by Crippen LogP contribution is 2.34. The number of hydrogen-bond acceptors (Lipinski definition) is 6. The van der Waals surface area contributed by atoms with Crippen LogP contribution in [0.4, 0.5) is 13.2 Å². The normalized spacial score (nSPS) is 12.9. The van der Waals surface area contributed by atoms with E-state index in [0.717, 1.165) is 12.1 Å². The lowest BCUT2D eigenvalue weighted by molar-refractivity contribution is -0.274. The Morgan fingerprint density at radius 2 is 1.76 bits per heavy atom. The first-order chi connectivity index (χ1) is 17.9. The number of aromatic amines is 1. The summed E-state index contributed by atoms with van der Waals surface area (Å²) in [5.74, 6) is -1.07. The molecule has 2 aromatic carbocycles. The van der Waals surface area contributed by atoms with E-state index in [9.17, 15) is 26.4 Å². The largest absolute Gasteiger partial charge is 0.573 e. The fourth-order valence-electron chi connectivity index (χ4n) is 3.81. The van der Waals surface area contributed by atoms with Crippen molar-refractivity contribution in [3.63, 3.8) is 0 Å². The Bertz CT molecular complexity index is 1570. The van der Waals surface area contributed by atoms with Crippen molar-refractivity contribution in [1.82, 2.24) is 14.7 Å². The zero-order valence-electron chi connectivity index (χ0n) is 20.0. The van der Waals surface area contributed by atoms with Crippen molar-refractivity contribution in [2.24, 2.45) is 0 Å². The van der Waals surface area contributed by atoms with Crippen LogP contribution in [-0.2, 0) is 14.8 Å². The molecule has 2 heterocycles. The third-order valence-electron chi connectivity index (χ3n) is 5.51. The zero-order chi connectivity index (χ0) is 27.7. The number of esters is 1. The molecule has 4 rings (SSSR count). The van der Waals surface area contributed by atoms with Gasteiger partial charge >= 0.3 is 12.3 Å². The highest BCUT2D eigenvalue weighted by atomic mass is 35.5. The molecule has 4 aromatic rings. The van der Waals surface area contributed by atoms with E-state index >= 15 is 0 Å². The third-order valence-corrected chi connectivity index (χ3v) is 7.43. The first-order valence-electron chi connectivity index (χ1n) is 11.2. The number of H-pyrrole nitrogens is 1. The van der Waals surface area contributed by atoms with Gasteiger partial charge in [-0.15, -0.1) is 13.2 Å². The number of nitrogens with one attached hydrogen (secondary N) is 2. The average Bonchev–Trinajstić information content (AvgIpc) is 3.35. The number of carbonyl (C=O) groups is 1. The van der Waals surface area contributed by atoms with Gasteiger partial charge in [0, 0.05) is 11.6 Å². The third kappa shape index (κ3) is 5.93. The highest BCUT2D eigenvalue weighted by Gasteiger charge is 2.32. The molecule has 0 aliphatic heterocycles. The van der Waals surface area contributed by atoms with Crippen molar-refractivity contribution in [1.29, 1.82) is 0 Å². The number of pyridine rings is 1. The molecule has 38 heavy (non-hydrogen) atoms. The molecule has 0 radical (unpaired) electrons. The number of ether oxygens (including phenoxy) is 2. The van der Waals surface area contributed by atoms with E-state index < -0.39 is 34.1 Å². The molecule has 0 spiro atoms. The topological polar surface area (TPSA) is 110 Å². The number of aromatic nitrogens is 2. The smallest absolute Gasteiger partial charge is 0.462 e. The number of benzene rings is 2. The van der Waals surface area contributed by atoms with E-state index in [4.69, 9.17) is 16.3 Å². The molecule has 8 nitrogen and oxygen atoms in total. The van der Waals surface area contributed by atoms with Gasteiger partial charge in [-0.2, -0.15) is 4.72 Å². The summed E-state index contributed by atoms with van der Waals surface area (Å²) >= 11 is 6.38. The maximum atomic E-state index is 13.4. The zero-order valence-corrected chi connectivity index (χ0v) is 21.5. The molecule has 200 valence electrons. The SMILES string of the molecule is CCOC(=O)c1ccc(S(=O)(=O)NC(c2ccc(OC(F)(F)F)cc2)c2nc(C)c(Cl)c3cc[nH]c23)cc1. The van der Waals surface area contributed by atoms with E-state index in [1.54, 1.807) is 26.1 Å². The van der Waals surface area contributed by atoms with Crippen LogP contribution in [0.2, 0.25) is 5.02 Å². The van der Waals surface area contributed by atoms with Crippen LogP contribution < -0.4 is 9.46 Å². The van der Waals surface area contributed by atoms with Crippen molar-refractivity contribution in [3.05, 3.63) is 88.3 Å². The Morgan fingerprint density at radius 1 is 1.11 bits per heavy atom. The molecule has 0 bridgehead atoms. The van der Waals surface area contributed by atoms with Crippen LogP contribution >= 0.6 is 11.6 Å². The molecule has 0 aliphatic carbocycles. The van der Waals surface area contributed by atoms with Crippen LogP contribution in [0.5, 0.6) is 5.75 Å². The van der Waals surface area contributed by atoms with Gasteiger partial charge in [0.1, 0.15) is 5.75 Å². The molecule has 0 saturated carbocycles. The molecule has 2 aromatic heterocycles. The molecule has 0 aliphatic rings. The Morgan fingerprint density at radius 3 is 2.37 bits per heavy atom. The lowest BCUT2D eigenvalue weighted by atomic mass is 10.0. The summed E-state index contributed by atoms with van der Waals surface area (Å²) in [5, 5.41) is 0.962. The molecule has 1 atom stereocenters. The van der Waals surface area contributed by atoms with Gasteiger partial charge in [-0.1, -0.05) is 23.7 Å². The number of nitrogens with zero attached hydrogens (tertiary/aromatic N) is 1. The van der Waals surface area contributed by atoms with Crippen molar-refractivity contribution in [3.8, 4) is 5.75 Å². The second-order valence-corrected chi connectivity index (χ2v) is 10.2. The number of alkyl halides is 3. The van der Waals surface area contributed by atoms with E-state index in [1.165, 1.54) is 36.4 Å². The maximum Gasteiger partial charge on any atom is 0.573 e. The van der Waals surface area contributed by atoms with Crippen LogP contribution in [0, 0.1) is 6.92 Å². The Labute approximate surface area is 220 Å². The summed E-state index contributed by atoms with van der Waals surface area (Å²) < 4.78 is 76.2. The summed E-state index contributed by atoms with van der Waals surface area (Å²) in [7, 11) is -4.22. The summed E-state index contributed by atoms with van der Waals surface area (Å²) in [6.45, 7) is 3.46. The number of carbonyl (C=O) groups excluding carboxylic acids is 1. The molecule has 1 unspecified atom stereocenters. The van der Waals surface area contributed by atoms with Crippen molar-refractivity contribution < 1.29 is 35.9 Å². The van der Waals surface area contributed by atoms with Crippen LogP contribution in [-0.4, -0.2) is 37.3 Å². The summed E-state index contributed by atoms with van der Waals surface area (Å²) in [6.07, 6.45) is -3.27. The Kier molecular flexibility index (Phi) is 7.68. The molecule has 13 heteroatoms. The second kappa shape index (κ2) is 10.6. The average molecular weight is 568 g/mol. The predicted molar refractivity (Wildman–Crippen MR) is 134 cm³/mol. The molecule has 0 fully saturated rings. The van der Waals surface area contributed by atoms with Gasteiger partial charge in [-0.3, -0.25) is 4.98 Å². The number of fused-ring (bicyclic) bond motifs is 1. The molecule has 2 N–H and O–H groups in total. The van der Waals surface area contributed by atoms with E-state index in [1.807, 2.05) is 0 Å². The first kappa shape index (κ1) is 27.4. The number of rotatable bonds is 8. The van der Waals surface area contributed by atoms with Gasteiger partial charge in [0.15, 0.2) is 0 Å².